The first-order valence-corrected chi connectivity index (χ1v) is 7.81. The van der Waals surface area contributed by atoms with Gasteiger partial charge >= 0.3 is 5.97 Å². The standard InChI is InChI=1S/C13H24N4O2S/c1-10(2)15-13(3,11(18)19)7-5-6-8-20-12-16-14-9-17(12)4/h9-10,15H,5-8H2,1-4H3,(H,18,19). The average molecular weight is 300 g/mol. The summed E-state index contributed by atoms with van der Waals surface area (Å²) in [6.07, 6.45) is 4.13. The van der Waals surface area contributed by atoms with Crippen molar-refractivity contribution in [3.8, 4) is 0 Å². The van der Waals surface area contributed by atoms with Crippen molar-refractivity contribution < 1.29 is 9.90 Å². The fourth-order valence-electron chi connectivity index (χ4n) is 2.03. The highest BCUT2D eigenvalue weighted by molar-refractivity contribution is 7.99. The SMILES string of the molecule is CC(C)NC(C)(CCCCSc1nncn1C)C(=O)O. The first-order valence-electron chi connectivity index (χ1n) is 6.83. The van der Waals surface area contributed by atoms with Crippen molar-refractivity contribution in [2.24, 2.45) is 7.05 Å². The minimum absolute atomic E-state index is 0.157. The van der Waals surface area contributed by atoms with Crippen LogP contribution in [0.15, 0.2) is 11.5 Å². The molecule has 0 spiro atoms. The first-order chi connectivity index (χ1) is 9.35. The molecule has 0 saturated carbocycles. The van der Waals surface area contributed by atoms with Gasteiger partial charge in [0.2, 0.25) is 0 Å². The summed E-state index contributed by atoms with van der Waals surface area (Å²) >= 11 is 1.65. The van der Waals surface area contributed by atoms with Crippen LogP contribution in [0.5, 0.6) is 0 Å². The number of rotatable bonds is 9. The van der Waals surface area contributed by atoms with Gasteiger partial charge in [0.15, 0.2) is 5.16 Å². The van der Waals surface area contributed by atoms with Crippen LogP contribution in [-0.4, -0.2) is 43.2 Å². The maximum absolute atomic E-state index is 11.4. The molecule has 7 heteroatoms. The maximum atomic E-state index is 11.4. The molecular weight excluding hydrogens is 276 g/mol. The number of carboxylic acid groups (broad SMARTS) is 1. The van der Waals surface area contributed by atoms with Crippen molar-refractivity contribution in [1.82, 2.24) is 20.1 Å². The van der Waals surface area contributed by atoms with Crippen molar-refractivity contribution in [2.45, 2.75) is 56.8 Å². The van der Waals surface area contributed by atoms with E-state index in [4.69, 9.17) is 0 Å². The molecule has 0 bridgehead atoms. The molecule has 0 aromatic carbocycles. The molecule has 0 aliphatic heterocycles. The van der Waals surface area contributed by atoms with Gasteiger partial charge in [0.25, 0.3) is 0 Å². The molecule has 0 amide bonds. The van der Waals surface area contributed by atoms with Crippen molar-refractivity contribution in [3.63, 3.8) is 0 Å². The fourth-order valence-corrected chi connectivity index (χ4v) is 2.91. The summed E-state index contributed by atoms with van der Waals surface area (Å²) in [5.74, 6) is 0.136. The predicted molar refractivity (Wildman–Crippen MR) is 79.9 cm³/mol. The Morgan fingerprint density at radius 3 is 2.75 bits per heavy atom. The van der Waals surface area contributed by atoms with Crippen molar-refractivity contribution in [2.75, 3.05) is 5.75 Å². The molecule has 1 unspecified atom stereocenters. The highest BCUT2D eigenvalue weighted by Gasteiger charge is 2.32. The summed E-state index contributed by atoms with van der Waals surface area (Å²) in [6, 6.07) is 0.157. The third kappa shape index (κ3) is 5.13. The minimum atomic E-state index is -0.844. The minimum Gasteiger partial charge on any atom is -0.480 e. The molecule has 0 aliphatic carbocycles. The largest absolute Gasteiger partial charge is 0.480 e. The summed E-state index contributed by atoms with van der Waals surface area (Å²) < 4.78 is 1.88. The number of nitrogens with one attached hydrogen (secondary N) is 1. The van der Waals surface area contributed by atoms with Crippen LogP contribution in [0.4, 0.5) is 0 Å². The molecule has 0 radical (unpaired) electrons. The monoisotopic (exact) mass is 300 g/mol. The van der Waals surface area contributed by atoms with Crippen molar-refractivity contribution in [1.29, 1.82) is 0 Å². The zero-order valence-corrected chi connectivity index (χ0v) is 13.4. The van der Waals surface area contributed by atoms with Crippen LogP contribution >= 0.6 is 11.8 Å². The van der Waals surface area contributed by atoms with Crippen molar-refractivity contribution >= 4 is 17.7 Å². The van der Waals surface area contributed by atoms with E-state index in [1.54, 1.807) is 25.0 Å². The van der Waals surface area contributed by atoms with Gasteiger partial charge in [-0.15, -0.1) is 10.2 Å². The molecule has 0 aliphatic rings. The molecule has 0 fully saturated rings. The second kappa shape index (κ2) is 7.64. The van der Waals surface area contributed by atoms with Crippen LogP contribution in [0.25, 0.3) is 0 Å². The maximum Gasteiger partial charge on any atom is 0.323 e. The van der Waals surface area contributed by atoms with E-state index in [-0.39, 0.29) is 6.04 Å². The van der Waals surface area contributed by atoms with E-state index in [1.807, 2.05) is 25.5 Å². The number of hydrogen-bond donors (Lipinski definition) is 2. The Balaban J connectivity index is 2.31. The second-order valence-corrected chi connectivity index (χ2v) is 6.53. The van der Waals surface area contributed by atoms with Crippen LogP contribution in [0.2, 0.25) is 0 Å². The van der Waals surface area contributed by atoms with E-state index < -0.39 is 11.5 Å². The van der Waals surface area contributed by atoms with Gasteiger partial charge in [-0.1, -0.05) is 18.2 Å². The Labute approximate surface area is 124 Å². The highest BCUT2D eigenvalue weighted by Crippen LogP contribution is 2.19. The third-order valence-corrected chi connectivity index (χ3v) is 4.17. The summed E-state index contributed by atoms with van der Waals surface area (Å²) in [5, 5.41) is 21.2. The van der Waals surface area contributed by atoms with Crippen molar-refractivity contribution in [3.05, 3.63) is 6.33 Å². The molecule has 20 heavy (non-hydrogen) atoms. The molecule has 1 atom stereocenters. The lowest BCUT2D eigenvalue weighted by Gasteiger charge is -2.28. The second-order valence-electron chi connectivity index (χ2n) is 5.47. The molecule has 1 aromatic heterocycles. The van der Waals surface area contributed by atoms with E-state index in [9.17, 15) is 9.90 Å². The fraction of sp³-hybridized carbons (Fsp3) is 0.769. The Morgan fingerprint density at radius 2 is 2.25 bits per heavy atom. The molecule has 1 aromatic rings. The van der Waals surface area contributed by atoms with Gasteiger partial charge in [0.05, 0.1) is 0 Å². The van der Waals surface area contributed by atoms with Gasteiger partial charge in [-0.2, -0.15) is 0 Å². The van der Waals surface area contributed by atoms with Gasteiger partial charge in [0, 0.05) is 18.8 Å². The summed E-state index contributed by atoms with van der Waals surface area (Å²) in [7, 11) is 1.91. The normalized spacial score (nSPS) is 14.4. The molecule has 114 valence electrons. The van der Waals surface area contributed by atoms with Crippen LogP contribution in [0.1, 0.15) is 40.0 Å². The summed E-state index contributed by atoms with van der Waals surface area (Å²) in [6.45, 7) is 5.68. The number of unbranched alkanes of at least 4 members (excludes halogenated alkanes) is 1. The Kier molecular flexibility index (Phi) is 6.48. The van der Waals surface area contributed by atoms with E-state index in [0.717, 1.165) is 23.8 Å². The van der Waals surface area contributed by atoms with Crippen LogP contribution in [0, 0.1) is 0 Å². The predicted octanol–water partition coefficient (Wildman–Crippen LogP) is 1.92. The Bertz CT molecular complexity index is 436. The number of nitrogens with zero attached hydrogens (tertiary/aromatic N) is 3. The zero-order valence-electron chi connectivity index (χ0n) is 12.6. The molecule has 6 nitrogen and oxygen atoms in total. The summed E-state index contributed by atoms with van der Waals surface area (Å²) in [5.41, 5.74) is -0.844. The number of aryl methyl sites for hydroxylation is 1. The van der Waals surface area contributed by atoms with Crippen LogP contribution < -0.4 is 5.32 Å². The quantitative estimate of drug-likeness (QED) is 0.536. The Hall–Kier alpha value is -1.08. The lowest BCUT2D eigenvalue weighted by atomic mass is 9.94. The van der Waals surface area contributed by atoms with E-state index in [2.05, 4.69) is 15.5 Å². The van der Waals surface area contributed by atoms with Gasteiger partial charge in [-0.25, -0.2) is 0 Å². The number of hydrogen-bond acceptors (Lipinski definition) is 5. The van der Waals surface area contributed by atoms with Gasteiger partial charge in [-0.05, 0) is 33.6 Å². The van der Waals surface area contributed by atoms with Gasteiger partial charge < -0.3 is 9.67 Å². The molecule has 1 rings (SSSR count). The average Bonchev–Trinajstić information content (AvgIpc) is 2.73. The van der Waals surface area contributed by atoms with E-state index in [1.165, 1.54) is 0 Å². The number of carbonyl (C=O) groups is 1. The molecule has 1 heterocycles. The van der Waals surface area contributed by atoms with Crippen LogP contribution in [-0.2, 0) is 11.8 Å². The highest BCUT2D eigenvalue weighted by atomic mass is 32.2. The number of aliphatic carboxylic acids is 1. The smallest absolute Gasteiger partial charge is 0.323 e. The van der Waals surface area contributed by atoms with Gasteiger partial charge in [0.1, 0.15) is 11.9 Å². The summed E-state index contributed by atoms with van der Waals surface area (Å²) in [4.78, 5) is 11.4. The topological polar surface area (TPSA) is 80.0 Å². The third-order valence-electron chi connectivity index (χ3n) is 3.05. The van der Waals surface area contributed by atoms with Crippen LogP contribution in [0.3, 0.4) is 0 Å². The molecule has 0 saturated heterocycles. The lowest BCUT2D eigenvalue weighted by molar-refractivity contribution is -0.144. The van der Waals surface area contributed by atoms with Gasteiger partial charge in [-0.3, -0.25) is 10.1 Å². The van der Waals surface area contributed by atoms with E-state index >= 15 is 0 Å². The molecule has 2 N–H and O–H groups in total. The van der Waals surface area contributed by atoms with E-state index in [0.29, 0.717) is 6.42 Å². The zero-order chi connectivity index (χ0) is 15.2. The number of aromatic nitrogens is 3. The lowest BCUT2D eigenvalue weighted by Crippen LogP contribution is -2.52. The number of carboxylic acids is 1. The first kappa shape index (κ1) is 17.0. The Morgan fingerprint density at radius 1 is 1.55 bits per heavy atom. The molecular formula is C13H24N4O2S. The number of thioether (sulfide) groups is 1.